The summed E-state index contributed by atoms with van der Waals surface area (Å²) in [6, 6.07) is 13.5. The number of nitrogens with zero attached hydrogens (tertiary/aromatic N) is 2. The first-order chi connectivity index (χ1) is 12.2. The number of ether oxygens (including phenoxy) is 2. The Kier molecular flexibility index (Phi) is 4.46. The molecule has 124 valence electrons. The molecule has 2 N–H and O–H groups in total. The van der Waals surface area contributed by atoms with Crippen molar-refractivity contribution < 1.29 is 19.5 Å². The number of hydroxylamine groups is 1. The van der Waals surface area contributed by atoms with Gasteiger partial charge in [0.2, 0.25) is 0 Å². The molecule has 1 aromatic heterocycles. The lowest BCUT2D eigenvalue weighted by Crippen LogP contribution is -2.18. The third-order valence-electron chi connectivity index (χ3n) is 3.59. The maximum absolute atomic E-state index is 11.4. The number of fused-ring (bicyclic) bond motifs is 1. The first-order valence-corrected chi connectivity index (χ1v) is 7.26. The lowest BCUT2D eigenvalue weighted by molar-refractivity contribution is 0.0706. The van der Waals surface area contributed by atoms with Gasteiger partial charge >= 0.3 is 0 Å². The first kappa shape index (κ1) is 16.2. The zero-order chi connectivity index (χ0) is 17.8. The van der Waals surface area contributed by atoms with E-state index >= 15 is 0 Å². The van der Waals surface area contributed by atoms with Crippen LogP contribution in [0.2, 0.25) is 0 Å². The molecule has 1 heterocycles. The molecule has 0 bridgehead atoms. The minimum absolute atomic E-state index is 0.275. The molecular weight excluding hydrogens is 322 g/mol. The Morgan fingerprint density at radius 1 is 1.24 bits per heavy atom. The molecule has 3 rings (SSSR count). The van der Waals surface area contributed by atoms with Gasteiger partial charge in [-0.05, 0) is 36.4 Å². The molecule has 0 unspecified atom stereocenters. The zero-order valence-corrected chi connectivity index (χ0v) is 13.2. The van der Waals surface area contributed by atoms with Crippen LogP contribution in [0.3, 0.4) is 0 Å². The summed E-state index contributed by atoms with van der Waals surface area (Å²) in [5, 5.41) is 18.6. The maximum atomic E-state index is 11.4. The highest BCUT2D eigenvalue weighted by atomic mass is 16.5. The van der Waals surface area contributed by atoms with Crippen molar-refractivity contribution in [3.63, 3.8) is 0 Å². The summed E-state index contributed by atoms with van der Waals surface area (Å²) in [5.74, 6) is 0.734. The molecule has 0 aliphatic rings. The summed E-state index contributed by atoms with van der Waals surface area (Å²) >= 11 is 0. The van der Waals surface area contributed by atoms with Gasteiger partial charge < -0.3 is 9.47 Å². The fourth-order valence-corrected chi connectivity index (χ4v) is 2.38. The van der Waals surface area contributed by atoms with E-state index in [0.717, 1.165) is 0 Å². The standard InChI is InChI=1S/C18H13N3O4/c1-24-15-4-2-3-14-16(15)20-10-12(9-19)17(14)25-13-7-5-11(6-8-13)18(22)21-23/h2-8,10,23H,1H3,(H,21,22). The molecule has 0 aliphatic carbocycles. The topological polar surface area (TPSA) is 104 Å². The number of methoxy groups -OCH3 is 1. The molecule has 7 nitrogen and oxygen atoms in total. The highest BCUT2D eigenvalue weighted by Gasteiger charge is 2.14. The van der Waals surface area contributed by atoms with E-state index in [1.165, 1.54) is 18.3 Å². The van der Waals surface area contributed by atoms with Crippen LogP contribution < -0.4 is 15.0 Å². The van der Waals surface area contributed by atoms with Crippen molar-refractivity contribution in [2.24, 2.45) is 0 Å². The van der Waals surface area contributed by atoms with Crippen LogP contribution in [-0.2, 0) is 0 Å². The van der Waals surface area contributed by atoms with Crippen LogP contribution in [0.1, 0.15) is 15.9 Å². The molecule has 3 aromatic rings. The summed E-state index contributed by atoms with van der Waals surface area (Å²) in [4.78, 5) is 15.6. The monoisotopic (exact) mass is 335 g/mol. The Balaban J connectivity index is 2.06. The molecular formula is C18H13N3O4. The molecule has 0 saturated heterocycles. The largest absolute Gasteiger partial charge is 0.494 e. The molecule has 0 saturated carbocycles. The van der Waals surface area contributed by atoms with Gasteiger partial charge in [0.15, 0.2) is 5.75 Å². The van der Waals surface area contributed by atoms with Crippen molar-refractivity contribution in [2.75, 3.05) is 7.11 Å². The van der Waals surface area contributed by atoms with Crippen LogP contribution >= 0.6 is 0 Å². The molecule has 0 fully saturated rings. The number of nitriles is 1. The Labute approximate surface area is 143 Å². The van der Waals surface area contributed by atoms with Gasteiger partial charge in [-0.15, -0.1) is 0 Å². The summed E-state index contributed by atoms with van der Waals surface area (Å²) < 4.78 is 11.2. The summed E-state index contributed by atoms with van der Waals surface area (Å²) in [7, 11) is 1.54. The molecule has 25 heavy (non-hydrogen) atoms. The fraction of sp³-hybridized carbons (Fsp3) is 0.0556. The van der Waals surface area contributed by atoms with Crippen molar-refractivity contribution in [1.29, 1.82) is 5.26 Å². The number of benzene rings is 2. The van der Waals surface area contributed by atoms with E-state index in [-0.39, 0.29) is 11.1 Å². The second-order valence-corrected chi connectivity index (χ2v) is 5.04. The smallest absolute Gasteiger partial charge is 0.274 e. The highest BCUT2D eigenvalue weighted by molar-refractivity contribution is 5.93. The van der Waals surface area contributed by atoms with Crippen molar-refractivity contribution in [2.45, 2.75) is 0 Å². The van der Waals surface area contributed by atoms with Gasteiger partial charge in [-0.1, -0.05) is 6.07 Å². The molecule has 1 amide bonds. The van der Waals surface area contributed by atoms with Crippen LogP contribution in [0.5, 0.6) is 17.2 Å². The van der Waals surface area contributed by atoms with Crippen molar-refractivity contribution in [3.05, 3.63) is 59.8 Å². The molecule has 0 aliphatic heterocycles. The van der Waals surface area contributed by atoms with Crippen LogP contribution in [0, 0.1) is 11.3 Å². The fourth-order valence-electron chi connectivity index (χ4n) is 2.38. The zero-order valence-electron chi connectivity index (χ0n) is 13.2. The van der Waals surface area contributed by atoms with Crippen LogP contribution in [-0.4, -0.2) is 23.2 Å². The van der Waals surface area contributed by atoms with Gasteiger partial charge in [-0.2, -0.15) is 5.26 Å². The van der Waals surface area contributed by atoms with E-state index in [1.807, 2.05) is 0 Å². The molecule has 7 heteroatoms. The van der Waals surface area contributed by atoms with Crippen molar-refractivity contribution >= 4 is 16.8 Å². The van der Waals surface area contributed by atoms with Crippen molar-refractivity contribution in [3.8, 4) is 23.3 Å². The summed E-state index contributed by atoms with van der Waals surface area (Å²) in [5.41, 5.74) is 2.69. The van der Waals surface area contributed by atoms with E-state index in [2.05, 4.69) is 11.1 Å². The lowest BCUT2D eigenvalue weighted by Gasteiger charge is -2.12. The highest BCUT2D eigenvalue weighted by Crippen LogP contribution is 2.35. The minimum Gasteiger partial charge on any atom is -0.494 e. The van der Waals surface area contributed by atoms with Gasteiger partial charge in [0.25, 0.3) is 5.91 Å². The summed E-state index contributed by atoms with van der Waals surface area (Å²) in [6.45, 7) is 0. The van der Waals surface area contributed by atoms with Gasteiger partial charge in [0.05, 0.1) is 7.11 Å². The van der Waals surface area contributed by atoms with E-state index in [9.17, 15) is 10.1 Å². The maximum Gasteiger partial charge on any atom is 0.274 e. The number of pyridine rings is 1. The Hall–Kier alpha value is -3.63. The lowest BCUT2D eigenvalue weighted by atomic mass is 10.1. The average Bonchev–Trinajstić information content (AvgIpc) is 2.67. The van der Waals surface area contributed by atoms with Crippen LogP contribution in [0.15, 0.2) is 48.7 Å². The minimum atomic E-state index is -0.622. The number of hydrogen-bond acceptors (Lipinski definition) is 6. The van der Waals surface area contributed by atoms with E-state index < -0.39 is 5.91 Å². The van der Waals surface area contributed by atoms with Crippen LogP contribution in [0.25, 0.3) is 10.9 Å². The number of rotatable bonds is 4. The number of hydrogen-bond donors (Lipinski definition) is 2. The molecule has 0 atom stereocenters. The van der Waals surface area contributed by atoms with E-state index in [1.54, 1.807) is 42.9 Å². The van der Waals surface area contributed by atoms with E-state index in [4.69, 9.17) is 14.7 Å². The number of amides is 1. The predicted octanol–water partition coefficient (Wildman–Crippen LogP) is 3.03. The van der Waals surface area contributed by atoms with Crippen LogP contribution in [0.4, 0.5) is 0 Å². The third-order valence-corrected chi connectivity index (χ3v) is 3.59. The van der Waals surface area contributed by atoms with Gasteiger partial charge in [-0.25, -0.2) is 5.48 Å². The van der Waals surface area contributed by atoms with E-state index in [0.29, 0.717) is 28.2 Å². The molecule has 0 spiro atoms. The van der Waals surface area contributed by atoms with Gasteiger partial charge in [0.1, 0.15) is 28.6 Å². The Morgan fingerprint density at radius 2 is 2.00 bits per heavy atom. The molecule has 2 aromatic carbocycles. The third kappa shape index (κ3) is 3.06. The number of para-hydroxylation sites is 1. The first-order valence-electron chi connectivity index (χ1n) is 7.26. The molecule has 0 radical (unpaired) electrons. The number of aromatic nitrogens is 1. The predicted molar refractivity (Wildman–Crippen MR) is 88.8 cm³/mol. The normalized spacial score (nSPS) is 10.1. The van der Waals surface area contributed by atoms with Gasteiger partial charge in [0, 0.05) is 17.1 Å². The second kappa shape index (κ2) is 6.86. The number of carbonyl (C=O) groups is 1. The SMILES string of the molecule is COc1cccc2c(Oc3ccc(C(=O)NO)cc3)c(C#N)cnc12. The Morgan fingerprint density at radius 3 is 2.64 bits per heavy atom. The Bertz CT molecular complexity index is 978. The quantitative estimate of drug-likeness (QED) is 0.561. The number of carbonyl (C=O) groups excluding carboxylic acids is 1. The van der Waals surface area contributed by atoms with Crippen molar-refractivity contribution in [1.82, 2.24) is 10.5 Å². The number of nitrogens with one attached hydrogen (secondary N) is 1. The average molecular weight is 335 g/mol. The second-order valence-electron chi connectivity index (χ2n) is 5.04. The van der Waals surface area contributed by atoms with Gasteiger partial charge in [-0.3, -0.25) is 15.0 Å². The summed E-state index contributed by atoms with van der Waals surface area (Å²) in [6.07, 6.45) is 1.42.